The van der Waals surface area contributed by atoms with E-state index in [0.717, 1.165) is 0 Å². The van der Waals surface area contributed by atoms with E-state index >= 15 is 0 Å². The third kappa shape index (κ3) is 2.21. The van der Waals surface area contributed by atoms with Crippen molar-refractivity contribution in [1.29, 1.82) is 0 Å². The first-order valence-electron chi connectivity index (χ1n) is 5.19. The summed E-state index contributed by atoms with van der Waals surface area (Å²) in [5.41, 5.74) is 1.03. The Morgan fingerprint density at radius 1 is 1.33 bits per heavy atom. The minimum Gasteiger partial charge on any atom is -0.268 e. The van der Waals surface area contributed by atoms with Crippen molar-refractivity contribution in [2.24, 2.45) is 0 Å². The molecule has 0 saturated carbocycles. The van der Waals surface area contributed by atoms with E-state index in [4.69, 9.17) is 11.6 Å². The molecule has 1 N–H and O–H groups in total. The monoisotopic (exact) mass is 285 g/mol. The molecule has 0 aliphatic heterocycles. The van der Waals surface area contributed by atoms with Gasteiger partial charge >= 0.3 is 0 Å². The zero-order chi connectivity index (χ0) is 13.2. The highest BCUT2D eigenvalue weighted by atomic mass is 35.5. The van der Waals surface area contributed by atoms with Gasteiger partial charge in [0.05, 0.1) is 17.8 Å². The van der Waals surface area contributed by atoms with Crippen LogP contribution in [0.15, 0.2) is 41.6 Å². The summed E-state index contributed by atoms with van der Waals surface area (Å²) in [5.74, 6) is 0.0910. The molecular weight excluding hydrogens is 274 g/mol. The fourth-order valence-corrected chi connectivity index (χ4v) is 3.11. The van der Waals surface area contributed by atoms with E-state index in [-0.39, 0.29) is 10.9 Å². The van der Waals surface area contributed by atoms with Gasteiger partial charge in [-0.2, -0.15) is 13.5 Å². The molecule has 0 fully saturated rings. The van der Waals surface area contributed by atoms with E-state index in [9.17, 15) is 8.42 Å². The van der Waals surface area contributed by atoms with Crippen molar-refractivity contribution in [2.45, 2.75) is 10.9 Å². The highest BCUT2D eigenvalue weighted by molar-refractivity contribution is 7.92. The fraction of sp³-hybridized carbons (Fsp3) is 0.182. The summed E-state index contributed by atoms with van der Waals surface area (Å²) in [5, 5.41) is 6.23. The zero-order valence-corrected chi connectivity index (χ0v) is 11.2. The second-order valence-electron chi connectivity index (χ2n) is 3.67. The van der Waals surface area contributed by atoms with Crippen molar-refractivity contribution in [3.8, 4) is 0 Å². The molecule has 2 rings (SSSR count). The molecule has 1 aromatic heterocycles. The van der Waals surface area contributed by atoms with Gasteiger partial charge in [0, 0.05) is 12.6 Å². The van der Waals surface area contributed by atoms with Crippen LogP contribution in [0, 0.1) is 0 Å². The smallest absolute Gasteiger partial charge is 0.268 e. The molecule has 1 heterocycles. The van der Waals surface area contributed by atoms with Gasteiger partial charge in [0.25, 0.3) is 10.0 Å². The Kier molecular flexibility index (Phi) is 3.58. The van der Waals surface area contributed by atoms with E-state index in [2.05, 4.69) is 10.2 Å². The minimum atomic E-state index is -3.66. The first-order chi connectivity index (χ1) is 8.57. The SMILES string of the molecule is CN(c1ccccc1)S(=O)(=O)c1[nH]ncc1CCl. The number of nitrogens with zero attached hydrogens (tertiary/aromatic N) is 2. The van der Waals surface area contributed by atoms with Crippen LogP contribution in [-0.2, 0) is 15.9 Å². The second kappa shape index (κ2) is 4.99. The number of nitrogens with one attached hydrogen (secondary N) is 1. The first-order valence-corrected chi connectivity index (χ1v) is 7.17. The molecule has 96 valence electrons. The molecule has 1 aromatic carbocycles. The van der Waals surface area contributed by atoms with Gasteiger partial charge in [-0.25, -0.2) is 0 Å². The predicted octanol–water partition coefficient (Wildman–Crippen LogP) is 1.97. The van der Waals surface area contributed by atoms with Crippen LogP contribution < -0.4 is 4.31 Å². The Hall–Kier alpha value is -1.53. The van der Waals surface area contributed by atoms with E-state index in [1.807, 2.05) is 6.07 Å². The van der Waals surface area contributed by atoms with Crippen LogP contribution in [0.2, 0.25) is 0 Å². The van der Waals surface area contributed by atoms with Crippen molar-refractivity contribution in [3.05, 3.63) is 42.1 Å². The maximum atomic E-state index is 12.4. The van der Waals surface area contributed by atoms with Crippen LogP contribution in [0.3, 0.4) is 0 Å². The van der Waals surface area contributed by atoms with Crippen molar-refractivity contribution in [3.63, 3.8) is 0 Å². The lowest BCUT2D eigenvalue weighted by molar-refractivity contribution is 0.589. The van der Waals surface area contributed by atoms with Crippen molar-refractivity contribution >= 4 is 27.3 Å². The number of anilines is 1. The van der Waals surface area contributed by atoms with Gasteiger partial charge in [0.1, 0.15) is 0 Å². The normalized spacial score (nSPS) is 11.4. The lowest BCUT2D eigenvalue weighted by atomic mass is 10.3. The number of alkyl halides is 1. The molecule has 18 heavy (non-hydrogen) atoms. The van der Waals surface area contributed by atoms with Crippen LogP contribution >= 0.6 is 11.6 Å². The van der Waals surface area contributed by atoms with Crippen molar-refractivity contribution in [1.82, 2.24) is 10.2 Å². The Balaban J connectivity index is 2.44. The van der Waals surface area contributed by atoms with Gasteiger partial charge in [0.2, 0.25) is 0 Å². The Morgan fingerprint density at radius 3 is 2.61 bits per heavy atom. The van der Waals surface area contributed by atoms with Gasteiger partial charge in [-0.3, -0.25) is 9.40 Å². The molecule has 0 aliphatic carbocycles. The average Bonchev–Trinajstić information content (AvgIpc) is 2.88. The number of benzene rings is 1. The van der Waals surface area contributed by atoms with Crippen molar-refractivity contribution < 1.29 is 8.42 Å². The van der Waals surface area contributed by atoms with Crippen LogP contribution in [0.1, 0.15) is 5.56 Å². The molecule has 0 amide bonds. The van der Waals surface area contributed by atoms with Crippen LogP contribution in [0.5, 0.6) is 0 Å². The van der Waals surface area contributed by atoms with Crippen LogP contribution in [0.4, 0.5) is 5.69 Å². The highest BCUT2D eigenvalue weighted by Gasteiger charge is 2.25. The lowest BCUT2D eigenvalue weighted by Crippen LogP contribution is -2.27. The molecule has 0 unspecified atom stereocenters. The predicted molar refractivity (Wildman–Crippen MR) is 70.2 cm³/mol. The number of aromatic amines is 1. The number of hydrogen-bond acceptors (Lipinski definition) is 3. The third-order valence-corrected chi connectivity index (χ3v) is 4.65. The second-order valence-corrected chi connectivity index (χ2v) is 5.84. The number of H-pyrrole nitrogens is 1. The van der Waals surface area contributed by atoms with E-state index in [0.29, 0.717) is 11.3 Å². The van der Waals surface area contributed by atoms with Gasteiger partial charge in [0.15, 0.2) is 5.03 Å². The molecule has 5 nitrogen and oxygen atoms in total. The minimum absolute atomic E-state index is 0.0313. The van der Waals surface area contributed by atoms with Crippen molar-refractivity contribution in [2.75, 3.05) is 11.4 Å². The molecule has 0 spiro atoms. The number of aromatic nitrogens is 2. The number of para-hydroxylation sites is 1. The Bertz CT molecular complexity index is 625. The van der Waals surface area contributed by atoms with E-state index in [1.165, 1.54) is 17.5 Å². The Morgan fingerprint density at radius 2 is 2.00 bits per heavy atom. The summed E-state index contributed by atoms with van der Waals surface area (Å²) in [6.45, 7) is 0. The van der Waals surface area contributed by atoms with Gasteiger partial charge < -0.3 is 0 Å². The third-order valence-electron chi connectivity index (χ3n) is 2.56. The maximum Gasteiger partial charge on any atom is 0.281 e. The van der Waals surface area contributed by atoms with Gasteiger partial charge in [-0.15, -0.1) is 11.6 Å². The van der Waals surface area contributed by atoms with Gasteiger partial charge in [-0.1, -0.05) is 18.2 Å². The molecule has 0 bridgehead atoms. The van der Waals surface area contributed by atoms with Gasteiger partial charge in [-0.05, 0) is 12.1 Å². The summed E-state index contributed by atoms with van der Waals surface area (Å²) < 4.78 is 25.9. The average molecular weight is 286 g/mol. The van der Waals surface area contributed by atoms with E-state index in [1.54, 1.807) is 24.3 Å². The largest absolute Gasteiger partial charge is 0.281 e. The summed E-state index contributed by atoms with van der Waals surface area (Å²) in [4.78, 5) is 0. The molecule has 0 saturated heterocycles. The highest BCUT2D eigenvalue weighted by Crippen LogP contribution is 2.23. The fourth-order valence-electron chi connectivity index (χ4n) is 1.53. The first kappa shape index (κ1) is 12.9. The molecular formula is C11H12ClN3O2S. The zero-order valence-electron chi connectivity index (χ0n) is 9.67. The lowest BCUT2D eigenvalue weighted by Gasteiger charge is -2.18. The van der Waals surface area contributed by atoms with Crippen LogP contribution in [-0.4, -0.2) is 25.7 Å². The number of halogens is 1. The molecule has 7 heteroatoms. The summed E-state index contributed by atoms with van der Waals surface area (Å²) in [6, 6.07) is 8.81. The molecule has 0 radical (unpaired) electrons. The quantitative estimate of drug-likeness (QED) is 0.874. The summed E-state index contributed by atoms with van der Waals surface area (Å²) >= 11 is 5.69. The number of rotatable bonds is 4. The summed E-state index contributed by atoms with van der Waals surface area (Å²) in [7, 11) is -2.17. The standard InChI is InChI=1S/C11H12ClN3O2S/c1-15(10-5-3-2-4-6-10)18(16,17)11-9(7-12)8-13-14-11/h2-6,8H,7H2,1H3,(H,13,14). The topological polar surface area (TPSA) is 66.1 Å². The maximum absolute atomic E-state index is 12.4. The number of sulfonamides is 1. The van der Waals surface area contributed by atoms with E-state index < -0.39 is 10.0 Å². The molecule has 2 aromatic rings. The molecule has 0 aliphatic rings. The summed E-state index contributed by atoms with van der Waals surface area (Å²) in [6.07, 6.45) is 1.42. The number of hydrogen-bond donors (Lipinski definition) is 1. The molecule has 0 atom stereocenters. The Labute approximate surface area is 110 Å². The van der Waals surface area contributed by atoms with Crippen LogP contribution in [0.25, 0.3) is 0 Å².